The lowest BCUT2D eigenvalue weighted by atomic mass is 9.33. The van der Waals surface area contributed by atoms with E-state index in [4.69, 9.17) is 0 Å². The van der Waals surface area contributed by atoms with Crippen molar-refractivity contribution < 1.29 is 0 Å². The van der Waals surface area contributed by atoms with Crippen molar-refractivity contribution in [1.29, 1.82) is 0 Å². The van der Waals surface area contributed by atoms with Crippen molar-refractivity contribution in [3.05, 3.63) is 297 Å². The Balaban J connectivity index is 1.04. The Morgan fingerprint density at radius 3 is 1.30 bits per heavy atom. The standard InChI is InChI=1S/C78H49BN4/c1-4-22-50(23-5-1)52-26-18-28-54(46-52)58-36-20-37-59(55-29-19-27-53(47-55)51-24-6-2-7-25-51)75(58)82-72-45-44-57(80-68-40-14-10-32-60(68)61-33-11-15-41-69(61)80)48-67(72)79-66-39-21-38-64-62-34-12-17-43-71(62)83(76(64)66)78-74(79)73(82)49-65-63-35-13-16-42-70(63)81(77(65)78)56-30-8-3-9-31-56/h1-49H. The maximum atomic E-state index is 2.68. The van der Waals surface area contributed by atoms with Crippen LogP contribution < -0.4 is 21.3 Å². The Labute approximate surface area is 480 Å². The molecule has 0 spiro atoms. The Morgan fingerprint density at radius 2 is 0.699 bits per heavy atom. The van der Waals surface area contributed by atoms with E-state index < -0.39 is 0 Å². The van der Waals surface area contributed by atoms with Crippen molar-refractivity contribution in [2.24, 2.45) is 0 Å². The van der Waals surface area contributed by atoms with Crippen LogP contribution in [-0.2, 0) is 0 Å². The van der Waals surface area contributed by atoms with Gasteiger partial charge in [0.25, 0.3) is 6.71 Å². The first kappa shape index (κ1) is 45.9. The molecule has 0 N–H and O–H groups in total. The van der Waals surface area contributed by atoms with Crippen LogP contribution in [0.1, 0.15) is 0 Å². The van der Waals surface area contributed by atoms with Gasteiger partial charge in [0.1, 0.15) is 0 Å². The number of aromatic nitrogens is 3. The first-order valence-electron chi connectivity index (χ1n) is 28.8. The van der Waals surface area contributed by atoms with Crippen LogP contribution in [0.2, 0.25) is 0 Å². The molecule has 18 rings (SSSR count). The first-order chi connectivity index (χ1) is 41.2. The van der Waals surface area contributed by atoms with Gasteiger partial charge >= 0.3 is 0 Å². The zero-order valence-corrected chi connectivity index (χ0v) is 45.2. The average Bonchev–Trinajstić information content (AvgIpc) is 2.11. The summed E-state index contributed by atoms with van der Waals surface area (Å²) in [6.07, 6.45) is 0. The molecule has 0 atom stereocenters. The summed E-state index contributed by atoms with van der Waals surface area (Å²) in [4.78, 5) is 2.68. The van der Waals surface area contributed by atoms with E-state index in [9.17, 15) is 0 Å². The molecule has 2 aliphatic rings. The van der Waals surface area contributed by atoms with Crippen LogP contribution in [0.5, 0.6) is 0 Å². The topological polar surface area (TPSA) is 18.0 Å². The Morgan fingerprint density at radius 1 is 0.241 bits per heavy atom. The van der Waals surface area contributed by atoms with Gasteiger partial charge in [-0.2, -0.15) is 0 Å². The van der Waals surface area contributed by atoms with Gasteiger partial charge < -0.3 is 18.6 Å². The fourth-order valence-electron chi connectivity index (χ4n) is 14.6. The van der Waals surface area contributed by atoms with Crippen molar-refractivity contribution >= 4 is 106 Å². The molecule has 3 aromatic heterocycles. The van der Waals surface area contributed by atoms with Gasteiger partial charge in [0.15, 0.2) is 0 Å². The number of anilines is 3. The molecule has 0 bridgehead atoms. The van der Waals surface area contributed by atoms with E-state index in [1.54, 1.807) is 0 Å². The van der Waals surface area contributed by atoms with E-state index in [2.05, 4.69) is 316 Å². The summed E-state index contributed by atoms with van der Waals surface area (Å²) in [6, 6.07) is 111. The quantitative estimate of drug-likeness (QED) is 0.146. The largest absolute Gasteiger partial charge is 0.310 e. The summed E-state index contributed by atoms with van der Waals surface area (Å²) in [5.41, 5.74) is 27.2. The molecule has 0 unspecified atom stereocenters. The summed E-state index contributed by atoms with van der Waals surface area (Å²) in [6.45, 7) is -0.162. The van der Waals surface area contributed by atoms with Gasteiger partial charge in [-0.3, -0.25) is 0 Å². The van der Waals surface area contributed by atoms with Gasteiger partial charge in [0, 0.05) is 71.7 Å². The number of para-hydroxylation sites is 7. The van der Waals surface area contributed by atoms with Gasteiger partial charge in [0.05, 0.1) is 39.0 Å². The van der Waals surface area contributed by atoms with E-state index in [1.165, 1.54) is 110 Å². The highest BCUT2D eigenvalue weighted by Crippen LogP contribution is 2.52. The van der Waals surface area contributed by atoms with Crippen molar-refractivity contribution in [2.75, 3.05) is 4.90 Å². The molecular formula is C78H49BN4. The zero-order chi connectivity index (χ0) is 54.3. The molecule has 13 aromatic carbocycles. The third kappa shape index (κ3) is 6.65. The number of fused-ring (bicyclic) bond motifs is 14. The lowest BCUT2D eigenvalue weighted by molar-refractivity contribution is 1.13. The molecular weight excluding hydrogens is 1000 g/mol. The second-order valence-corrected chi connectivity index (χ2v) is 22.3. The van der Waals surface area contributed by atoms with Crippen molar-refractivity contribution in [2.45, 2.75) is 0 Å². The number of hydrogen-bond acceptors (Lipinski definition) is 1. The van der Waals surface area contributed by atoms with Gasteiger partial charge in [-0.1, -0.05) is 224 Å². The van der Waals surface area contributed by atoms with Gasteiger partial charge in [-0.05, 0) is 123 Å². The Hall–Kier alpha value is -10.9. The van der Waals surface area contributed by atoms with Crippen molar-refractivity contribution in [1.82, 2.24) is 13.7 Å². The Kier molecular flexibility index (Phi) is 9.86. The maximum absolute atomic E-state index is 2.68. The predicted octanol–water partition coefficient (Wildman–Crippen LogP) is 18.3. The van der Waals surface area contributed by atoms with E-state index in [0.717, 1.165) is 50.7 Å². The summed E-state index contributed by atoms with van der Waals surface area (Å²) in [5.74, 6) is 0. The molecule has 0 saturated carbocycles. The molecule has 4 nitrogen and oxygen atoms in total. The second-order valence-electron chi connectivity index (χ2n) is 22.3. The predicted molar refractivity (Wildman–Crippen MR) is 351 cm³/mol. The van der Waals surface area contributed by atoms with Gasteiger partial charge in [0.2, 0.25) is 0 Å². The third-order valence-corrected chi connectivity index (χ3v) is 18.0. The van der Waals surface area contributed by atoms with Crippen LogP contribution in [0.25, 0.3) is 127 Å². The van der Waals surface area contributed by atoms with Crippen molar-refractivity contribution in [3.8, 4) is 61.6 Å². The van der Waals surface area contributed by atoms with Crippen LogP contribution >= 0.6 is 0 Å². The number of nitrogens with zero attached hydrogens (tertiary/aromatic N) is 4. The van der Waals surface area contributed by atoms with E-state index >= 15 is 0 Å². The smallest absolute Gasteiger partial charge is 0.252 e. The molecule has 384 valence electrons. The molecule has 16 aromatic rings. The van der Waals surface area contributed by atoms with Gasteiger partial charge in [-0.25, -0.2) is 0 Å². The van der Waals surface area contributed by atoms with Gasteiger partial charge in [-0.15, -0.1) is 0 Å². The average molecular weight is 1050 g/mol. The SMILES string of the molecule is c1ccc(-c2cccc(-c3cccc(-c4cccc(-c5ccccc5)c4)c3N3c4ccc(-n5c6ccccc6c6ccccc65)cc4B4c5c3cc3c6ccccc6n(-c6ccccc6)c3c5-n3c5ccccc5c5cccc4c53)c2)cc1. The van der Waals surface area contributed by atoms with Crippen LogP contribution in [0.4, 0.5) is 17.1 Å². The van der Waals surface area contributed by atoms with Crippen LogP contribution in [-0.4, -0.2) is 20.4 Å². The summed E-state index contributed by atoms with van der Waals surface area (Å²) in [7, 11) is 0. The minimum Gasteiger partial charge on any atom is -0.310 e. The molecule has 2 aliphatic heterocycles. The molecule has 83 heavy (non-hydrogen) atoms. The van der Waals surface area contributed by atoms with E-state index in [-0.39, 0.29) is 6.71 Å². The monoisotopic (exact) mass is 1050 g/mol. The maximum Gasteiger partial charge on any atom is 0.252 e. The van der Waals surface area contributed by atoms with Crippen molar-refractivity contribution in [3.63, 3.8) is 0 Å². The fraction of sp³-hybridized carbons (Fsp3) is 0. The molecule has 0 aliphatic carbocycles. The van der Waals surface area contributed by atoms with Crippen LogP contribution in [0, 0.1) is 0 Å². The molecule has 5 heterocycles. The normalized spacial score (nSPS) is 12.5. The molecule has 0 radical (unpaired) electrons. The third-order valence-electron chi connectivity index (χ3n) is 18.0. The minimum atomic E-state index is -0.162. The molecule has 5 heteroatoms. The highest BCUT2D eigenvalue weighted by Gasteiger charge is 2.45. The summed E-state index contributed by atoms with van der Waals surface area (Å²) in [5, 5.41) is 7.40. The fourth-order valence-corrected chi connectivity index (χ4v) is 14.6. The molecule has 0 fully saturated rings. The molecule has 0 amide bonds. The Bertz CT molecular complexity index is 5190. The van der Waals surface area contributed by atoms with Crippen LogP contribution in [0.15, 0.2) is 297 Å². The lowest BCUT2D eigenvalue weighted by Gasteiger charge is -2.42. The highest BCUT2D eigenvalue weighted by molar-refractivity contribution is 7.00. The lowest BCUT2D eigenvalue weighted by Crippen LogP contribution is -2.60. The van der Waals surface area contributed by atoms with E-state index in [1.807, 2.05) is 0 Å². The van der Waals surface area contributed by atoms with E-state index in [0.29, 0.717) is 0 Å². The number of hydrogen-bond donors (Lipinski definition) is 0. The van der Waals surface area contributed by atoms with Crippen LogP contribution in [0.3, 0.4) is 0 Å². The summed E-state index contributed by atoms with van der Waals surface area (Å²) < 4.78 is 7.69. The minimum absolute atomic E-state index is 0.162. The first-order valence-corrected chi connectivity index (χ1v) is 28.8. The molecule has 0 saturated heterocycles. The zero-order valence-electron chi connectivity index (χ0n) is 45.2. The number of rotatable bonds is 7. The second kappa shape index (κ2) is 17.8. The number of benzene rings is 13. The highest BCUT2D eigenvalue weighted by atomic mass is 15.2. The summed E-state index contributed by atoms with van der Waals surface area (Å²) >= 11 is 0.